The lowest BCUT2D eigenvalue weighted by Crippen LogP contribution is -2.04. The van der Waals surface area contributed by atoms with Crippen LogP contribution < -0.4 is 5.32 Å². The third-order valence-electron chi connectivity index (χ3n) is 4.48. The lowest BCUT2D eigenvalue weighted by Gasteiger charge is -2.11. The average molecular weight is 412 g/mol. The zero-order valence-electron chi connectivity index (χ0n) is 14.8. The van der Waals surface area contributed by atoms with Gasteiger partial charge in [0.2, 0.25) is 0 Å². The van der Waals surface area contributed by atoms with E-state index < -0.39 is 15.8 Å². The Morgan fingerprint density at radius 2 is 1.96 bits per heavy atom. The largest absolute Gasteiger partial charge is 0.478 e. The molecule has 0 amide bonds. The van der Waals surface area contributed by atoms with Crippen molar-refractivity contribution in [3.05, 3.63) is 59.5 Å². The second-order valence-corrected chi connectivity index (χ2v) is 9.41. The molecule has 142 valence electrons. The van der Waals surface area contributed by atoms with Gasteiger partial charge in [-0.25, -0.2) is 18.2 Å². The summed E-state index contributed by atoms with van der Waals surface area (Å²) in [7, 11) is -3.32. The van der Waals surface area contributed by atoms with E-state index in [9.17, 15) is 18.3 Å². The molecule has 0 aliphatic carbocycles. The highest BCUT2D eigenvalue weighted by atomic mass is 32.2. The molecule has 2 N–H and O–H groups in total. The predicted molar refractivity (Wildman–Crippen MR) is 112 cm³/mol. The topological polar surface area (TPSA) is 96.4 Å². The van der Waals surface area contributed by atoms with Gasteiger partial charge < -0.3 is 10.4 Å². The van der Waals surface area contributed by atoms with Crippen LogP contribution in [0.2, 0.25) is 0 Å². The molecule has 4 aromatic rings. The Kier molecular flexibility index (Phi) is 4.52. The van der Waals surface area contributed by atoms with E-state index in [1.165, 1.54) is 0 Å². The highest BCUT2D eigenvalue weighted by molar-refractivity contribution is 7.91. The van der Waals surface area contributed by atoms with Gasteiger partial charge in [0.1, 0.15) is 5.82 Å². The first-order chi connectivity index (χ1) is 13.4. The maximum atomic E-state index is 12.2. The number of aromatic nitrogens is 1. The van der Waals surface area contributed by atoms with Crippen LogP contribution in [-0.2, 0) is 9.84 Å². The Hall–Kier alpha value is -2.97. The number of carboxylic acids is 1. The number of thiophene rings is 1. The van der Waals surface area contributed by atoms with E-state index in [0.29, 0.717) is 17.0 Å². The van der Waals surface area contributed by atoms with Crippen molar-refractivity contribution >= 4 is 59.6 Å². The van der Waals surface area contributed by atoms with Crippen molar-refractivity contribution in [1.29, 1.82) is 0 Å². The van der Waals surface area contributed by atoms with Crippen molar-refractivity contribution in [3.8, 4) is 0 Å². The average Bonchev–Trinajstić information content (AvgIpc) is 3.18. The minimum atomic E-state index is -3.32. The molecule has 6 nitrogen and oxygen atoms in total. The molecule has 8 heteroatoms. The summed E-state index contributed by atoms with van der Waals surface area (Å²) in [5.41, 5.74) is 1.33. The van der Waals surface area contributed by atoms with Crippen LogP contribution in [0.15, 0.2) is 58.8 Å². The van der Waals surface area contributed by atoms with Crippen LogP contribution >= 0.6 is 11.3 Å². The SMILES string of the molecule is CCS(=O)(=O)c1cccc(Nc2nc3cc(C(=O)O)ccc3c3sccc23)c1. The first-order valence-corrected chi connectivity index (χ1v) is 11.1. The van der Waals surface area contributed by atoms with Crippen molar-refractivity contribution in [1.82, 2.24) is 4.98 Å². The van der Waals surface area contributed by atoms with E-state index in [1.54, 1.807) is 60.7 Å². The zero-order chi connectivity index (χ0) is 19.9. The fraction of sp³-hybridized carbons (Fsp3) is 0.100. The molecule has 4 rings (SSSR count). The van der Waals surface area contributed by atoms with Gasteiger partial charge in [0.15, 0.2) is 9.84 Å². The van der Waals surface area contributed by atoms with Gasteiger partial charge in [-0.1, -0.05) is 19.1 Å². The van der Waals surface area contributed by atoms with Gasteiger partial charge in [-0.2, -0.15) is 0 Å². The molecule has 0 saturated heterocycles. The number of nitrogens with zero attached hydrogens (tertiary/aromatic N) is 1. The number of carboxylic acid groups (broad SMARTS) is 1. The van der Waals surface area contributed by atoms with Crippen molar-refractivity contribution in [2.75, 3.05) is 11.1 Å². The quantitative estimate of drug-likeness (QED) is 0.494. The Bertz CT molecular complexity index is 1330. The van der Waals surface area contributed by atoms with Crippen LogP contribution in [0.1, 0.15) is 17.3 Å². The highest BCUT2D eigenvalue weighted by Crippen LogP contribution is 2.35. The predicted octanol–water partition coefficient (Wildman–Crippen LogP) is 4.68. The monoisotopic (exact) mass is 412 g/mol. The molecular formula is C20H16N2O4S2. The van der Waals surface area contributed by atoms with Crippen LogP contribution in [-0.4, -0.2) is 30.2 Å². The lowest BCUT2D eigenvalue weighted by molar-refractivity contribution is 0.0697. The molecular weight excluding hydrogens is 396 g/mol. The number of nitrogens with one attached hydrogen (secondary N) is 1. The number of hydrogen-bond donors (Lipinski definition) is 2. The molecule has 0 spiro atoms. The van der Waals surface area contributed by atoms with Gasteiger partial charge >= 0.3 is 5.97 Å². The van der Waals surface area contributed by atoms with Gasteiger partial charge in [0, 0.05) is 21.2 Å². The molecule has 0 aliphatic heterocycles. The summed E-state index contributed by atoms with van der Waals surface area (Å²) in [6, 6.07) is 13.4. The third-order valence-corrected chi connectivity index (χ3v) is 7.16. The fourth-order valence-corrected chi connectivity index (χ4v) is 4.86. The Morgan fingerprint density at radius 3 is 2.71 bits per heavy atom. The van der Waals surface area contributed by atoms with Crippen molar-refractivity contribution < 1.29 is 18.3 Å². The summed E-state index contributed by atoms with van der Waals surface area (Å²) >= 11 is 1.54. The first kappa shape index (κ1) is 18.4. The van der Waals surface area contributed by atoms with E-state index in [2.05, 4.69) is 10.3 Å². The van der Waals surface area contributed by atoms with Gasteiger partial charge in [0.25, 0.3) is 0 Å². The third kappa shape index (κ3) is 3.21. The summed E-state index contributed by atoms with van der Waals surface area (Å²) in [5, 5.41) is 16.2. The van der Waals surface area contributed by atoms with Crippen LogP contribution in [0, 0.1) is 0 Å². The van der Waals surface area contributed by atoms with Gasteiger partial charge in [-0.3, -0.25) is 0 Å². The molecule has 0 unspecified atom stereocenters. The molecule has 2 aromatic carbocycles. The Labute approximate surface area is 165 Å². The van der Waals surface area contributed by atoms with E-state index in [0.717, 1.165) is 15.5 Å². The Balaban J connectivity index is 1.85. The van der Waals surface area contributed by atoms with Gasteiger partial charge in [0.05, 0.1) is 21.7 Å². The minimum absolute atomic E-state index is 0.0252. The molecule has 0 fully saturated rings. The summed E-state index contributed by atoms with van der Waals surface area (Å²) in [6.45, 7) is 1.61. The summed E-state index contributed by atoms with van der Waals surface area (Å²) in [6.07, 6.45) is 0. The highest BCUT2D eigenvalue weighted by Gasteiger charge is 2.14. The molecule has 0 radical (unpaired) electrons. The van der Waals surface area contributed by atoms with E-state index in [1.807, 2.05) is 11.4 Å². The molecule has 0 bridgehead atoms. The number of anilines is 2. The molecule has 2 heterocycles. The number of pyridine rings is 1. The van der Waals surface area contributed by atoms with Crippen molar-refractivity contribution in [3.63, 3.8) is 0 Å². The van der Waals surface area contributed by atoms with E-state index >= 15 is 0 Å². The van der Waals surface area contributed by atoms with Crippen LogP contribution in [0.3, 0.4) is 0 Å². The second kappa shape index (κ2) is 6.88. The number of hydrogen-bond acceptors (Lipinski definition) is 6. The standard InChI is InChI=1S/C20H16N2O4S2/c1-2-28(25,26)14-5-3-4-13(11-14)21-19-16-8-9-27-18(16)15-7-6-12(20(23)24)10-17(15)22-19/h3-11H,2H2,1H3,(H,21,22)(H,23,24). The number of fused-ring (bicyclic) bond motifs is 3. The molecule has 28 heavy (non-hydrogen) atoms. The van der Waals surface area contributed by atoms with Gasteiger partial charge in [-0.15, -0.1) is 11.3 Å². The number of carbonyl (C=O) groups is 1. The van der Waals surface area contributed by atoms with Crippen LogP contribution in [0.5, 0.6) is 0 Å². The van der Waals surface area contributed by atoms with Crippen molar-refractivity contribution in [2.24, 2.45) is 0 Å². The minimum Gasteiger partial charge on any atom is -0.478 e. The number of rotatable bonds is 5. The van der Waals surface area contributed by atoms with E-state index in [-0.39, 0.29) is 16.2 Å². The Morgan fingerprint density at radius 1 is 1.14 bits per heavy atom. The lowest BCUT2D eigenvalue weighted by atomic mass is 10.1. The number of benzene rings is 2. The second-order valence-electron chi connectivity index (χ2n) is 6.22. The molecule has 0 aliphatic rings. The molecule has 0 saturated carbocycles. The molecule has 2 aromatic heterocycles. The van der Waals surface area contributed by atoms with Crippen LogP contribution in [0.25, 0.3) is 21.0 Å². The summed E-state index contributed by atoms with van der Waals surface area (Å²) in [5.74, 6) is -0.434. The maximum absolute atomic E-state index is 12.2. The molecule has 0 atom stereocenters. The first-order valence-electron chi connectivity index (χ1n) is 8.53. The normalized spacial score (nSPS) is 11.8. The number of sulfone groups is 1. The van der Waals surface area contributed by atoms with Gasteiger partial charge in [-0.05, 0) is 41.8 Å². The van der Waals surface area contributed by atoms with E-state index in [4.69, 9.17) is 0 Å². The van der Waals surface area contributed by atoms with Crippen molar-refractivity contribution in [2.45, 2.75) is 11.8 Å². The maximum Gasteiger partial charge on any atom is 0.335 e. The summed E-state index contributed by atoms with van der Waals surface area (Å²) < 4.78 is 25.3. The zero-order valence-corrected chi connectivity index (χ0v) is 16.5. The van der Waals surface area contributed by atoms with Crippen LogP contribution in [0.4, 0.5) is 11.5 Å². The smallest absolute Gasteiger partial charge is 0.335 e. The fourth-order valence-electron chi connectivity index (χ4n) is 3.00. The number of aromatic carboxylic acids is 1. The summed E-state index contributed by atoms with van der Waals surface area (Å²) in [4.78, 5) is 16.2.